The fourth-order valence-electron chi connectivity index (χ4n) is 6.01. The van der Waals surface area contributed by atoms with Gasteiger partial charge >= 0.3 is 6.18 Å². The zero-order chi connectivity index (χ0) is 26.9. The summed E-state index contributed by atoms with van der Waals surface area (Å²) >= 11 is 1.24. The number of ketones is 1. The Morgan fingerprint density at radius 2 is 1.87 bits per heavy atom. The summed E-state index contributed by atoms with van der Waals surface area (Å²) in [5.74, 6) is 1.21. The molecule has 6 nitrogen and oxygen atoms in total. The van der Waals surface area contributed by atoms with E-state index in [9.17, 15) is 22.8 Å². The third-order valence-corrected chi connectivity index (χ3v) is 9.25. The molecule has 0 saturated heterocycles. The van der Waals surface area contributed by atoms with E-state index < -0.39 is 12.8 Å². The second kappa shape index (κ2) is 11.3. The average Bonchev–Trinajstić information content (AvgIpc) is 3.35. The van der Waals surface area contributed by atoms with E-state index in [2.05, 4.69) is 9.88 Å². The van der Waals surface area contributed by atoms with Crippen LogP contribution in [0.1, 0.15) is 75.4 Å². The first-order valence-corrected chi connectivity index (χ1v) is 14.3. The highest BCUT2D eigenvalue weighted by Gasteiger charge is 2.31. The minimum absolute atomic E-state index is 0.00820. The SMILES string of the molecule is CN1Cc2c(C(=O)CC3CCC(CCN4CCc5nc(OCC(F)(F)F)sc5CC4)CC3)cccc2C1=O. The van der Waals surface area contributed by atoms with E-state index in [0.717, 1.165) is 80.7 Å². The van der Waals surface area contributed by atoms with Gasteiger partial charge in [-0.1, -0.05) is 36.3 Å². The Kier molecular flexibility index (Phi) is 8.09. The van der Waals surface area contributed by atoms with Crippen molar-refractivity contribution in [3.05, 3.63) is 45.5 Å². The van der Waals surface area contributed by atoms with Gasteiger partial charge in [0.15, 0.2) is 12.4 Å². The van der Waals surface area contributed by atoms with Crippen LogP contribution in [-0.4, -0.2) is 65.9 Å². The summed E-state index contributed by atoms with van der Waals surface area (Å²) in [4.78, 5) is 34.8. The Labute approximate surface area is 225 Å². The van der Waals surface area contributed by atoms with E-state index in [-0.39, 0.29) is 16.9 Å². The zero-order valence-electron chi connectivity index (χ0n) is 21.7. The molecular formula is C28H34F3N3O3S. The first kappa shape index (κ1) is 27.1. The molecule has 0 unspecified atom stereocenters. The topological polar surface area (TPSA) is 62.7 Å². The third kappa shape index (κ3) is 6.39. The second-order valence-electron chi connectivity index (χ2n) is 10.9. The molecule has 1 aromatic carbocycles. The Morgan fingerprint density at radius 3 is 2.63 bits per heavy atom. The molecule has 1 amide bonds. The smallest absolute Gasteiger partial charge is 0.422 e. The maximum absolute atomic E-state index is 13.1. The molecule has 0 N–H and O–H groups in total. The zero-order valence-corrected chi connectivity index (χ0v) is 22.5. The van der Waals surface area contributed by atoms with E-state index >= 15 is 0 Å². The number of carbonyl (C=O) groups is 2. The van der Waals surface area contributed by atoms with Crippen LogP contribution in [0.4, 0.5) is 13.2 Å². The van der Waals surface area contributed by atoms with Gasteiger partial charge in [-0.25, -0.2) is 4.98 Å². The van der Waals surface area contributed by atoms with E-state index in [4.69, 9.17) is 4.74 Å². The number of fused-ring (bicyclic) bond motifs is 2. The van der Waals surface area contributed by atoms with Crippen molar-refractivity contribution in [1.82, 2.24) is 14.8 Å². The van der Waals surface area contributed by atoms with Crippen molar-refractivity contribution < 1.29 is 27.5 Å². The van der Waals surface area contributed by atoms with Crippen LogP contribution in [-0.2, 0) is 19.4 Å². The Balaban J connectivity index is 1.04. The molecule has 1 fully saturated rings. The second-order valence-corrected chi connectivity index (χ2v) is 11.9. The number of Topliss-reactive ketones (excluding diaryl/α,β-unsaturated/α-hetero) is 1. The van der Waals surface area contributed by atoms with Gasteiger partial charge in [0.2, 0.25) is 0 Å². The van der Waals surface area contributed by atoms with Gasteiger partial charge < -0.3 is 14.5 Å². The average molecular weight is 550 g/mol. The van der Waals surface area contributed by atoms with Crippen LogP contribution in [0, 0.1) is 11.8 Å². The maximum Gasteiger partial charge on any atom is 0.422 e. The van der Waals surface area contributed by atoms with E-state index in [0.29, 0.717) is 35.9 Å². The van der Waals surface area contributed by atoms with Crippen molar-refractivity contribution in [2.24, 2.45) is 11.8 Å². The van der Waals surface area contributed by atoms with Crippen molar-refractivity contribution in [2.45, 2.75) is 64.1 Å². The highest BCUT2D eigenvalue weighted by atomic mass is 32.1. The molecule has 10 heteroatoms. The summed E-state index contributed by atoms with van der Waals surface area (Å²) in [6, 6.07) is 5.50. The van der Waals surface area contributed by atoms with E-state index in [1.165, 1.54) is 11.3 Å². The van der Waals surface area contributed by atoms with Gasteiger partial charge in [0.05, 0.1) is 5.69 Å². The quantitative estimate of drug-likeness (QED) is 0.405. The molecule has 5 rings (SSSR count). The number of ether oxygens (including phenoxy) is 1. The molecule has 0 radical (unpaired) electrons. The summed E-state index contributed by atoms with van der Waals surface area (Å²) < 4.78 is 42.1. The van der Waals surface area contributed by atoms with Crippen molar-refractivity contribution in [2.75, 3.05) is 33.3 Å². The molecule has 3 aliphatic rings. The molecule has 0 bridgehead atoms. The first-order valence-electron chi connectivity index (χ1n) is 13.5. The Bertz CT molecular complexity index is 1150. The van der Waals surface area contributed by atoms with Gasteiger partial charge in [-0.15, -0.1) is 0 Å². The molecule has 3 heterocycles. The van der Waals surface area contributed by atoms with Crippen LogP contribution >= 0.6 is 11.3 Å². The number of carbonyl (C=O) groups excluding carboxylic acids is 2. The molecule has 1 saturated carbocycles. The Morgan fingerprint density at radius 1 is 1.13 bits per heavy atom. The molecular weight excluding hydrogens is 515 g/mol. The number of benzene rings is 1. The van der Waals surface area contributed by atoms with E-state index in [1.807, 2.05) is 18.2 Å². The molecule has 0 spiro atoms. The predicted octanol–water partition coefficient (Wildman–Crippen LogP) is 5.54. The number of alkyl halides is 3. The fraction of sp³-hybridized carbons (Fsp3) is 0.607. The summed E-state index contributed by atoms with van der Waals surface area (Å²) in [5, 5.41) is 0.119. The normalized spacial score (nSPS) is 22.2. The molecule has 0 atom stereocenters. The highest BCUT2D eigenvalue weighted by molar-refractivity contribution is 7.13. The number of amides is 1. The first-order chi connectivity index (χ1) is 18.2. The Hall–Kier alpha value is -2.46. The van der Waals surface area contributed by atoms with Crippen molar-refractivity contribution in [3.63, 3.8) is 0 Å². The minimum Gasteiger partial charge on any atom is -0.460 e. The lowest BCUT2D eigenvalue weighted by Gasteiger charge is -2.30. The molecule has 206 valence electrons. The predicted molar refractivity (Wildman–Crippen MR) is 139 cm³/mol. The van der Waals surface area contributed by atoms with Gasteiger partial charge in [-0.2, -0.15) is 13.2 Å². The van der Waals surface area contributed by atoms with Crippen LogP contribution in [0.3, 0.4) is 0 Å². The van der Waals surface area contributed by atoms with Crippen LogP contribution in [0.2, 0.25) is 0 Å². The van der Waals surface area contributed by atoms with Gasteiger partial charge in [-0.05, 0) is 55.7 Å². The summed E-state index contributed by atoms with van der Waals surface area (Å²) in [7, 11) is 1.77. The number of aromatic nitrogens is 1. The number of hydrogen-bond donors (Lipinski definition) is 0. The highest BCUT2D eigenvalue weighted by Crippen LogP contribution is 2.35. The molecule has 1 aromatic heterocycles. The largest absolute Gasteiger partial charge is 0.460 e. The number of thiazole rings is 1. The number of halogens is 3. The summed E-state index contributed by atoms with van der Waals surface area (Å²) in [6.07, 6.45) is 3.25. The molecule has 38 heavy (non-hydrogen) atoms. The third-order valence-electron chi connectivity index (χ3n) is 8.18. The van der Waals surface area contributed by atoms with Crippen molar-refractivity contribution in [3.8, 4) is 5.19 Å². The summed E-state index contributed by atoms with van der Waals surface area (Å²) in [5.41, 5.74) is 3.13. The van der Waals surface area contributed by atoms with Crippen LogP contribution in [0.25, 0.3) is 0 Å². The van der Waals surface area contributed by atoms with Gasteiger partial charge in [0.1, 0.15) is 0 Å². The van der Waals surface area contributed by atoms with Gasteiger partial charge in [-0.3, -0.25) is 9.59 Å². The summed E-state index contributed by atoms with van der Waals surface area (Å²) in [6.45, 7) is 1.97. The lowest BCUT2D eigenvalue weighted by molar-refractivity contribution is -0.153. The molecule has 2 aliphatic heterocycles. The molecule has 2 aromatic rings. The van der Waals surface area contributed by atoms with Gasteiger partial charge in [0.25, 0.3) is 11.1 Å². The van der Waals surface area contributed by atoms with Crippen molar-refractivity contribution >= 4 is 23.0 Å². The lowest BCUT2D eigenvalue weighted by atomic mass is 9.78. The molecule has 1 aliphatic carbocycles. The number of rotatable bonds is 8. The van der Waals surface area contributed by atoms with Crippen LogP contribution in [0.5, 0.6) is 5.19 Å². The lowest BCUT2D eigenvalue weighted by Crippen LogP contribution is -2.30. The maximum atomic E-state index is 13.1. The van der Waals surface area contributed by atoms with Gasteiger partial charge in [0, 0.05) is 55.5 Å². The van der Waals surface area contributed by atoms with Crippen molar-refractivity contribution in [1.29, 1.82) is 0 Å². The van der Waals surface area contributed by atoms with Crippen LogP contribution in [0.15, 0.2) is 18.2 Å². The van der Waals surface area contributed by atoms with Crippen LogP contribution < -0.4 is 4.74 Å². The monoisotopic (exact) mass is 549 g/mol. The van der Waals surface area contributed by atoms with E-state index in [1.54, 1.807) is 11.9 Å². The number of hydrogen-bond acceptors (Lipinski definition) is 6. The minimum atomic E-state index is -4.35. The number of nitrogens with zero attached hydrogens (tertiary/aromatic N) is 3. The fourth-order valence-corrected chi connectivity index (χ4v) is 6.95. The standard InChI is InChI=1S/C28H34F3N3O3S/c1-33-16-22-20(3-2-4-21(22)26(33)36)24(35)15-19-7-5-18(6-8-19)9-12-34-13-10-23-25(11-14-34)38-27(32-23)37-17-28(29,30)31/h2-4,18-19H,5-17H2,1H3.